The van der Waals surface area contributed by atoms with Gasteiger partial charge >= 0.3 is 6.09 Å². The first-order chi connectivity index (χ1) is 17.1. The van der Waals surface area contributed by atoms with Gasteiger partial charge in [0, 0.05) is 22.6 Å². The summed E-state index contributed by atoms with van der Waals surface area (Å²) in [4.78, 5) is 33.6. The minimum Gasteiger partial charge on any atom is -0.449 e. The molecule has 0 saturated heterocycles. The number of rotatable bonds is 7. The van der Waals surface area contributed by atoms with E-state index in [2.05, 4.69) is 55.5 Å². The normalized spacial score (nSPS) is 12.0. The number of nitrogens with zero attached hydrogens (tertiary/aromatic N) is 2. The van der Waals surface area contributed by atoms with Crippen molar-refractivity contribution < 1.29 is 14.3 Å². The van der Waals surface area contributed by atoms with Gasteiger partial charge in [-0.15, -0.1) is 0 Å². The molecule has 0 saturated carbocycles. The van der Waals surface area contributed by atoms with E-state index in [-0.39, 0.29) is 19.1 Å². The number of alkyl carbamates (subject to hydrolysis) is 1. The summed E-state index contributed by atoms with van der Waals surface area (Å²) in [6, 6.07) is 23.5. The van der Waals surface area contributed by atoms with E-state index < -0.39 is 6.09 Å². The monoisotopic (exact) mass is 545 g/mol. The van der Waals surface area contributed by atoms with Crippen LogP contribution in [0.15, 0.2) is 93.5 Å². The minimum atomic E-state index is -0.518. The second-order valence-electron chi connectivity index (χ2n) is 7.88. The van der Waals surface area contributed by atoms with E-state index in [4.69, 9.17) is 4.74 Å². The Bertz CT molecular complexity index is 1370. The van der Waals surface area contributed by atoms with Crippen molar-refractivity contribution in [2.24, 2.45) is 0 Å². The van der Waals surface area contributed by atoms with Crippen LogP contribution in [0.4, 0.5) is 4.79 Å². The lowest BCUT2D eigenvalue weighted by molar-refractivity contribution is 0.112. The van der Waals surface area contributed by atoms with Gasteiger partial charge in [-0.05, 0) is 62.4 Å². The smallest absolute Gasteiger partial charge is 0.407 e. The van der Waals surface area contributed by atoms with Gasteiger partial charge in [0.25, 0.3) is 0 Å². The maximum absolute atomic E-state index is 12.6. The van der Waals surface area contributed by atoms with E-state index >= 15 is 0 Å². The topological polar surface area (TPSA) is 81.2 Å². The third kappa shape index (κ3) is 4.99. The Morgan fingerprint density at radius 1 is 1.00 bits per heavy atom. The molecular weight excluding hydrogens is 526 g/mol. The molecule has 0 aliphatic heterocycles. The van der Waals surface area contributed by atoms with Crippen molar-refractivity contribution in [3.05, 3.63) is 106 Å². The van der Waals surface area contributed by atoms with E-state index in [1.165, 1.54) is 22.9 Å². The molecular formula is C27H20BrN3O3S. The zero-order valence-corrected chi connectivity index (χ0v) is 20.9. The van der Waals surface area contributed by atoms with Crippen LogP contribution in [0.2, 0.25) is 0 Å². The molecule has 0 atom stereocenters. The molecule has 8 heteroatoms. The quantitative estimate of drug-likeness (QED) is 0.218. The molecule has 0 spiro atoms. The standard InChI is InChI=1S/C27H20BrN3O3S/c28-25-12-11-24(35-26-17(15-32)6-5-13-29-26)23(31-25)14-30-27(33)34-16-22-20-9-3-1-7-18(20)19-8-2-4-10-21(19)22/h1-13,15,22H,14,16H2,(H,30,33). The van der Waals surface area contributed by atoms with Crippen LogP contribution in [0.3, 0.4) is 0 Å². The highest BCUT2D eigenvalue weighted by Gasteiger charge is 2.29. The number of nitrogens with one attached hydrogen (secondary N) is 1. The fraction of sp³-hybridized carbons (Fsp3) is 0.111. The average molecular weight is 546 g/mol. The molecule has 1 amide bonds. The largest absolute Gasteiger partial charge is 0.449 e. The first-order valence-electron chi connectivity index (χ1n) is 11.0. The van der Waals surface area contributed by atoms with Crippen LogP contribution >= 0.6 is 27.7 Å². The summed E-state index contributed by atoms with van der Waals surface area (Å²) < 4.78 is 6.27. The second-order valence-corrected chi connectivity index (χ2v) is 9.72. The number of benzene rings is 2. The molecule has 5 rings (SSSR count). The van der Waals surface area contributed by atoms with Crippen LogP contribution < -0.4 is 5.32 Å². The lowest BCUT2D eigenvalue weighted by Gasteiger charge is -2.15. The van der Waals surface area contributed by atoms with Crippen molar-refractivity contribution in [2.45, 2.75) is 22.4 Å². The molecule has 6 nitrogen and oxygen atoms in total. The molecule has 2 aromatic carbocycles. The number of hydrogen-bond acceptors (Lipinski definition) is 6. The highest BCUT2D eigenvalue weighted by molar-refractivity contribution is 9.10. The second kappa shape index (κ2) is 10.4. The van der Waals surface area contributed by atoms with Crippen LogP contribution in [0.5, 0.6) is 0 Å². The minimum absolute atomic E-state index is 0.00539. The highest BCUT2D eigenvalue weighted by atomic mass is 79.9. The lowest BCUT2D eigenvalue weighted by atomic mass is 9.98. The molecule has 0 fully saturated rings. The van der Waals surface area contributed by atoms with Gasteiger partial charge in [0.1, 0.15) is 16.2 Å². The van der Waals surface area contributed by atoms with Crippen molar-refractivity contribution in [2.75, 3.05) is 6.61 Å². The SMILES string of the molecule is O=Cc1cccnc1Sc1ccc(Br)nc1CNC(=O)OCC1c2ccccc2-c2ccccc21. The number of aldehydes is 1. The van der Waals surface area contributed by atoms with Crippen LogP contribution in [0.1, 0.15) is 33.1 Å². The van der Waals surface area contributed by atoms with E-state index in [0.29, 0.717) is 20.9 Å². The summed E-state index contributed by atoms with van der Waals surface area (Å²) >= 11 is 4.71. The van der Waals surface area contributed by atoms with Crippen molar-refractivity contribution in [1.82, 2.24) is 15.3 Å². The van der Waals surface area contributed by atoms with Gasteiger partial charge in [0.05, 0.1) is 12.2 Å². The number of halogens is 1. The van der Waals surface area contributed by atoms with Gasteiger partial charge < -0.3 is 10.1 Å². The maximum Gasteiger partial charge on any atom is 0.407 e. The number of carbonyl (C=O) groups excluding carboxylic acids is 2. The molecule has 0 unspecified atom stereocenters. The predicted molar refractivity (Wildman–Crippen MR) is 138 cm³/mol. The van der Waals surface area contributed by atoms with Crippen molar-refractivity contribution >= 4 is 40.1 Å². The summed E-state index contributed by atoms with van der Waals surface area (Å²) in [5.41, 5.74) is 5.82. The van der Waals surface area contributed by atoms with Gasteiger partial charge in [-0.2, -0.15) is 0 Å². The fourth-order valence-electron chi connectivity index (χ4n) is 4.17. The summed E-state index contributed by atoms with van der Waals surface area (Å²) in [7, 11) is 0. The molecule has 35 heavy (non-hydrogen) atoms. The Kier molecular flexibility index (Phi) is 6.92. The summed E-state index contributed by atoms with van der Waals surface area (Å²) in [5, 5.41) is 3.38. The third-order valence-electron chi connectivity index (χ3n) is 5.78. The van der Waals surface area contributed by atoms with Gasteiger partial charge in [-0.1, -0.05) is 60.3 Å². The Morgan fingerprint density at radius 2 is 1.71 bits per heavy atom. The molecule has 174 valence electrons. The maximum atomic E-state index is 12.6. The highest BCUT2D eigenvalue weighted by Crippen LogP contribution is 2.44. The number of ether oxygens (including phenoxy) is 1. The zero-order valence-electron chi connectivity index (χ0n) is 18.5. The van der Waals surface area contributed by atoms with E-state index in [9.17, 15) is 9.59 Å². The van der Waals surface area contributed by atoms with Gasteiger partial charge in [-0.25, -0.2) is 14.8 Å². The van der Waals surface area contributed by atoms with E-state index in [1.54, 1.807) is 18.3 Å². The Hall–Kier alpha value is -3.49. The third-order valence-corrected chi connectivity index (χ3v) is 7.34. The van der Waals surface area contributed by atoms with Crippen molar-refractivity contribution in [3.8, 4) is 11.1 Å². The Balaban J connectivity index is 1.26. The molecule has 4 aromatic rings. The lowest BCUT2D eigenvalue weighted by Crippen LogP contribution is -2.26. The number of fused-ring (bicyclic) bond motifs is 3. The predicted octanol–water partition coefficient (Wildman–Crippen LogP) is 6.24. The zero-order chi connectivity index (χ0) is 24.2. The summed E-state index contributed by atoms with van der Waals surface area (Å²) in [6.07, 6.45) is 1.89. The molecule has 2 aromatic heterocycles. The summed E-state index contributed by atoms with van der Waals surface area (Å²) in [5.74, 6) is -0.00539. The van der Waals surface area contributed by atoms with Crippen LogP contribution in [0, 0.1) is 0 Å². The number of hydrogen-bond donors (Lipinski definition) is 1. The fourth-order valence-corrected chi connectivity index (χ4v) is 5.44. The first-order valence-corrected chi connectivity index (χ1v) is 12.6. The van der Waals surface area contributed by atoms with Gasteiger partial charge in [0.15, 0.2) is 6.29 Å². The molecule has 1 aliphatic carbocycles. The number of pyridine rings is 2. The number of aromatic nitrogens is 2. The number of amides is 1. The molecule has 1 N–H and O–H groups in total. The average Bonchev–Trinajstić information content (AvgIpc) is 3.21. The Morgan fingerprint density at radius 3 is 2.43 bits per heavy atom. The van der Waals surface area contributed by atoms with Crippen LogP contribution in [-0.4, -0.2) is 29.0 Å². The van der Waals surface area contributed by atoms with Gasteiger partial charge in [0.2, 0.25) is 0 Å². The van der Waals surface area contributed by atoms with E-state index in [1.807, 2.05) is 36.4 Å². The van der Waals surface area contributed by atoms with Crippen LogP contribution in [0.25, 0.3) is 11.1 Å². The molecule has 2 heterocycles. The molecule has 0 radical (unpaired) electrons. The molecule has 1 aliphatic rings. The van der Waals surface area contributed by atoms with Crippen LogP contribution in [-0.2, 0) is 11.3 Å². The van der Waals surface area contributed by atoms with Crippen molar-refractivity contribution in [1.29, 1.82) is 0 Å². The molecule has 0 bridgehead atoms. The van der Waals surface area contributed by atoms with Gasteiger partial charge in [-0.3, -0.25) is 4.79 Å². The number of carbonyl (C=O) groups is 2. The van der Waals surface area contributed by atoms with E-state index in [0.717, 1.165) is 22.3 Å². The Labute approximate surface area is 215 Å². The van der Waals surface area contributed by atoms with Crippen molar-refractivity contribution in [3.63, 3.8) is 0 Å². The summed E-state index contributed by atoms with van der Waals surface area (Å²) in [6.45, 7) is 0.408. The first kappa shape index (κ1) is 23.3.